The molecule has 12 rings (SSSR count). The summed E-state index contributed by atoms with van der Waals surface area (Å²) < 4.78 is 9.42. The number of hydrogen-bond acceptors (Lipinski definition) is 3. The Morgan fingerprint density at radius 2 is 1.17 bits per heavy atom. The fraction of sp³-hybridized carbons (Fsp3) is 0.0370. The molecule has 9 aromatic carbocycles. The predicted octanol–water partition coefficient (Wildman–Crippen LogP) is 14.0. The molecule has 2 aromatic heterocycles. The highest BCUT2D eigenvalue weighted by Gasteiger charge is 2.27. The second kappa shape index (κ2) is 13.0. The summed E-state index contributed by atoms with van der Waals surface area (Å²) in [7, 11) is 0. The van der Waals surface area contributed by atoms with Crippen LogP contribution in [0.15, 0.2) is 209 Å². The van der Waals surface area contributed by atoms with Crippen LogP contribution in [-0.2, 0) is 0 Å². The van der Waals surface area contributed by atoms with Crippen LogP contribution in [0.25, 0.3) is 82.1 Å². The summed E-state index contributed by atoms with van der Waals surface area (Å²) in [6, 6.07) is 69.0. The van der Waals surface area contributed by atoms with Crippen LogP contribution in [0.2, 0.25) is 0 Å². The Bertz CT molecular complexity index is 3480. The lowest BCUT2D eigenvalue weighted by molar-refractivity contribution is 0.665. The lowest BCUT2D eigenvalue weighted by Crippen LogP contribution is -2.17. The number of hydrogen-bond donors (Lipinski definition) is 0. The zero-order valence-corrected chi connectivity index (χ0v) is 31.5. The quantitative estimate of drug-likeness (QED) is 0.173. The molecule has 0 aliphatic carbocycles. The van der Waals surface area contributed by atoms with Gasteiger partial charge in [-0.2, -0.15) is 0 Å². The molecule has 58 heavy (non-hydrogen) atoms. The van der Waals surface area contributed by atoms with E-state index in [1.165, 1.54) is 43.4 Å². The van der Waals surface area contributed by atoms with Crippen molar-refractivity contribution in [3.63, 3.8) is 0 Å². The fourth-order valence-electron chi connectivity index (χ4n) is 9.31. The SMILES string of the molecule is c1ccc(C2=NC(c3ccc4ccccc4c3)=NC(c3cccc4oc5c(-n6c7ccccc7c7c(-c8ccccc8)c8ccccc8cc76)cccc5c34)C2)cc1. The molecule has 0 radical (unpaired) electrons. The Hall–Kier alpha value is -7.56. The molecular formula is C54H35N3O. The van der Waals surface area contributed by atoms with Gasteiger partial charge in [0.25, 0.3) is 0 Å². The van der Waals surface area contributed by atoms with Crippen molar-refractivity contribution in [1.82, 2.24) is 4.57 Å². The van der Waals surface area contributed by atoms with E-state index in [0.717, 1.165) is 66.9 Å². The average molecular weight is 742 g/mol. The number of furan rings is 1. The van der Waals surface area contributed by atoms with Crippen LogP contribution in [0.5, 0.6) is 0 Å². The van der Waals surface area contributed by atoms with Crippen molar-refractivity contribution in [1.29, 1.82) is 0 Å². The Morgan fingerprint density at radius 1 is 0.483 bits per heavy atom. The Morgan fingerprint density at radius 3 is 2.02 bits per heavy atom. The summed E-state index contributed by atoms with van der Waals surface area (Å²) >= 11 is 0. The number of aromatic nitrogens is 1. The van der Waals surface area contributed by atoms with E-state index in [1.54, 1.807) is 0 Å². The van der Waals surface area contributed by atoms with Crippen molar-refractivity contribution in [2.75, 3.05) is 0 Å². The molecule has 1 aliphatic heterocycles. The molecule has 272 valence electrons. The van der Waals surface area contributed by atoms with Crippen molar-refractivity contribution in [2.24, 2.45) is 9.98 Å². The predicted molar refractivity (Wildman–Crippen MR) is 242 cm³/mol. The van der Waals surface area contributed by atoms with E-state index in [2.05, 4.69) is 199 Å². The maximum atomic E-state index is 7.01. The smallest absolute Gasteiger partial charge is 0.159 e. The summed E-state index contributed by atoms with van der Waals surface area (Å²) in [6.07, 6.45) is 0.675. The first-order chi connectivity index (χ1) is 28.8. The van der Waals surface area contributed by atoms with Gasteiger partial charge in [-0.25, -0.2) is 4.99 Å². The Balaban J connectivity index is 1.09. The average Bonchev–Trinajstić information content (AvgIpc) is 3.84. The third-order valence-corrected chi connectivity index (χ3v) is 11.9. The Kier molecular flexibility index (Phi) is 7.32. The molecule has 1 unspecified atom stereocenters. The van der Waals surface area contributed by atoms with Gasteiger partial charge in [0.1, 0.15) is 5.58 Å². The van der Waals surface area contributed by atoms with Gasteiger partial charge in [0.2, 0.25) is 0 Å². The highest BCUT2D eigenvalue weighted by molar-refractivity contribution is 6.24. The second-order valence-electron chi connectivity index (χ2n) is 15.2. The van der Waals surface area contributed by atoms with Crippen LogP contribution in [0.4, 0.5) is 0 Å². The minimum atomic E-state index is -0.171. The number of benzene rings is 9. The number of nitrogens with zero attached hydrogens (tertiary/aromatic N) is 3. The minimum absolute atomic E-state index is 0.171. The van der Waals surface area contributed by atoms with E-state index >= 15 is 0 Å². The van der Waals surface area contributed by atoms with Crippen molar-refractivity contribution in [3.8, 4) is 16.8 Å². The molecular weight excluding hydrogens is 707 g/mol. The highest BCUT2D eigenvalue weighted by Crippen LogP contribution is 2.45. The molecule has 1 aliphatic rings. The van der Waals surface area contributed by atoms with Gasteiger partial charge in [0.05, 0.1) is 28.5 Å². The van der Waals surface area contributed by atoms with Crippen LogP contribution in [0, 0.1) is 0 Å². The van der Waals surface area contributed by atoms with Crippen molar-refractivity contribution in [2.45, 2.75) is 12.5 Å². The normalized spacial score (nSPS) is 14.5. The molecule has 0 amide bonds. The molecule has 0 fully saturated rings. The van der Waals surface area contributed by atoms with E-state index < -0.39 is 0 Å². The van der Waals surface area contributed by atoms with Gasteiger partial charge in [-0.3, -0.25) is 4.99 Å². The summed E-state index contributed by atoms with van der Waals surface area (Å²) in [6.45, 7) is 0. The number of rotatable bonds is 5. The van der Waals surface area contributed by atoms with Crippen molar-refractivity contribution in [3.05, 3.63) is 211 Å². The molecule has 0 spiro atoms. The first-order valence-electron chi connectivity index (χ1n) is 19.9. The van der Waals surface area contributed by atoms with Gasteiger partial charge < -0.3 is 8.98 Å². The maximum Gasteiger partial charge on any atom is 0.159 e. The number of aliphatic imine (C=N–C) groups is 2. The van der Waals surface area contributed by atoms with E-state index in [-0.39, 0.29) is 6.04 Å². The third-order valence-electron chi connectivity index (χ3n) is 11.9. The summed E-state index contributed by atoms with van der Waals surface area (Å²) in [4.78, 5) is 10.7. The van der Waals surface area contributed by atoms with Gasteiger partial charge in [-0.15, -0.1) is 0 Å². The molecule has 4 heteroatoms. The van der Waals surface area contributed by atoms with Gasteiger partial charge in [0, 0.05) is 33.5 Å². The minimum Gasteiger partial charge on any atom is -0.454 e. The van der Waals surface area contributed by atoms with Crippen LogP contribution in [0.1, 0.15) is 29.2 Å². The summed E-state index contributed by atoms with van der Waals surface area (Å²) in [5, 5.41) is 9.42. The lowest BCUT2D eigenvalue weighted by atomic mass is 9.92. The van der Waals surface area contributed by atoms with Gasteiger partial charge in [-0.1, -0.05) is 164 Å². The van der Waals surface area contributed by atoms with E-state index in [4.69, 9.17) is 14.4 Å². The van der Waals surface area contributed by atoms with E-state index in [1.807, 2.05) is 0 Å². The first kappa shape index (κ1) is 32.7. The van der Waals surface area contributed by atoms with Crippen LogP contribution in [-0.4, -0.2) is 16.1 Å². The standard InChI is InChI=1S/C54H35N3O/c1-3-16-35(17-4-1)44-33-45(56-54(55-44)39-30-29-34-15-7-8-20-37(34)31-39)41-24-14-28-49-51(41)43-25-13-27-47(53(43)58-49)57-46-26-12-11-23-42(46)52-48(57)32-38-21-9-10-22-40(38)50(52)36-18-5-2-6-19-36/h1-32,45H,33H2. The topological polar surface area (TPSA) is 42.8 Å². The molecule has 11 aromatic rings. The van der Waals surface area contributed by atoms with Crippen LogP contribution >= 0.6 is 0 Å². The molecule has 0 saturated heterocycles. The summed E-state index contributed by atoms with van der Waals surface area (Å²) in [5.41, 5.74) is 11.7. The Labute approximate surface area is 334 Å². The molecule has 4 nitrogen and oxygen atoms in total. The second-order valence-corrected chi connectivity index (χ2v) is 15.2. The summed E-state index contributed by atoms with van der Waals surface area (Å²) in [5.74, 6) is 0.748. The maximum absolute atomic E-state index is 7.01. The molecule has 1 atom stereocenters. The fourth-order valence-corrected chi connectivity index (χ4v) is 9.31. The molecule has 0 saturated carbocycles. The molecule has 0 N–H and O–H groups in total. The zero-order valence-electron chi connectivity index (χ0n) is 31.5. The molecule has 3 heterocycles. The van der Waals surface area contributed by atoms with Gasteiger partial charge in [0.15, 0.2) is 11.4 Å². The van der Waals surface area contributed by atoms with E-state index in [9.17, 15) is 0 Å². The number of amidine groups is 1. The van der Waals surface area contributed by atoms with Crippen molar-refractivity contribution < 1.29 is 4.42 Å². The number of fused-ring (bicyclic) bond motifs is 8. The van der Waals surface area contributed by atoms with E-state index in [0.29, 0.717) is 6.42 Å². The van der Waals surface area contributed by atoms with Gasteiger partial charge in [-0.05, 0) is 74.1 Å². The van der Waals surface area contributed by atoms with Crippen LogP contribution < -0.4 is 0 Å². The zero-order chi connectivity index (χ0) is 38.2. The first-order valence-corrected chi connectivity index (χ1v) is 19.9. The monoisotopic (exact) mass is 741 g/mol. The number of para-hydroxylation sites is 2. The lowest BCUT2D eigenvalue weighted by Gasteiger charge is -2.22. The highest BCUT2D eigenvalue weighted by atomic mass is 16.3. The third kappa shape index (κ3) is 5.08. The largest absolute Gasteiger partial charge is 0.454 e. The van der Waals surface area contributed by atoms with Crippen molar-refractivity contribution >= 4 is 76.8 Å². The van der Waals surface area contributed by atoms with Gasteiger partial charge >= 0.3 is 0 Å². The molecule has 0 bridgehead atoms. The van der Waals surface area contributed by atoms with Crippen LogP contribution in [0.3, 0.4) is 0 Å².